The van der Waals surface area contributed by atoms with Crippen molar-refractivity contribution >= 4 is 17.4 Å². The van der Waals surface area contributed by atoms with Crippen molar-refractivity contribution in [3.8, 4) is 0 Å². The Morgan fingerprint density at radius 1 is 1.13 bits per heavy atom. The first-order chi connectivity index (χ1) is 10.8. The number of ketones is 1. The van der Waals surface area contributed by atoms with Crippen molar-refractivity contribution in [1.29, 1.82) is 0 Å². The van der Waals surface area contributed by atoms with Gasteiger partial charge in [-0.2, -0.15) is 0 Å². The fourth-order valence-corrected chi connectivity index (χ4v) is 5.34. The lowest BCUT2D eigenvalue weighted by Gasteiger charge is -2.43. The van der Waals surface area contributed by atoms with Crippen LogP contribution in [0.2, 0.25) is 0 Å². The summed E-state index contributed by atoms with van der Waals surface area (Å²) in [6.07, 6.45) is 4.16. The molecular weight excluding hydrogens is 286 g/mol. The summed E-state index contributed by atoms with van der Waals surface area (Å²) in [5, 5.41) is 0. The molecule has 1 aromatic carbocycles. The molecule has 1 heterocycles. The highest BCUT2D eigenvalue weighted by Crippen LogP contribution is 2.71. The van der Waals surface area contributed by atoms with E-state index in [1.165, 1.54) is 5.56 Å². The number of nitrogens with zero attached hydrogens (tertiary/aromatic N) is 1. The number of anilines is 1. The van der Waals surface area contributed by atoms with E-state index in [1.54, 1.807) is 0 Å². The number of rotatable bonds is 1. The Morgan fingerprint density at radius 3 is 2.52 bits per heavy atom. The van der Waals surface area contributed by atoms with Crippen LogP contribution >= 0.6 is 0 Å². The van der Waals surface area contributed by atoms with Gasteiger partial charge in [0.05, 0.1) is 5.41 Å². The number of carbonyl (C=O) groups excluding carboxylic acids is 2. The van der Waals surface area contributed by atoms with Crippen molar-refractivity contribution in [1.82, 2.24) is 0 Å². The van der Waals surface area contributed by atoms with Gasteiger partial charge in [0.15, 0.2) is 0 Å². The van der Waals surface area contributed by atoms with Crippen molar-refractivity contribution in [2.75, 3.05) is 11.4 Å². The van der Waals surface area contributed by atoms with Crippen LogP contribution in [0.4, 0.5) is 5.69 Å². The summed E-state index contributed by atoms with van der Waals surface area (Å²) in [4.78, 5) is 28.2. The Balaban J connectivity index is 1.78. The molecule has 2 saturated carbocycles. The molecule has 2 fully saturated rings. The second-order valence-electron chi connectivity index (χ2n) is 8.33. The number of Topliss-reactive ketones (excluding diaryl/α,β-unsaturated/α-hetero) is 1. The maximum absolute atomic E-state index is 13.6. The average molecular weight is 311 g/mol. The first-order valence-electron chi connectivity index (χ1n) is 8.77. The van der Waals surface area contributed by atoms with Crippen LogP contribution in [0.1, 0.15) is 52.0 Å². The molecule has 0 aromatic heterocycles. The van der Waals surface area contributed by atoms with Crippen molar-refractivity contribution in [2.24, 2.45) is 16.2 Å². The molecule has 122 valence electrons. The second kappa shape index (κ2) is 4.46. The van der Waals surface area contributed by atoms with Gasteiger partial charge in [-0.15, -0.1) is 0 Å². The van der Waals surface area contributed by atoms with Crippen LogP contribution in [0.15, 0.2) is 24.3 Å². The van der Waals surface area contributed by atoms with E-state index in [0.29, 0.717) is 6.42 Å². The van der Waals surface area contributed by atoms with Crippen LogP contribution in [0.25, 0.3) is 0 Å². The third-order valence-corrected chi connectivity index (χ3v) is 7.47. The summed E-state index contributed by atoms with van der Waals surface area (Å²) in [6.45, 7) is 7.12. The highest BCUT2D eigenvalue weighted by Gasteiger charge is 2.73. The van der Waals surface area contributed by atoms with Crippen LogP contribution in [0.3, 0.4) is 0 Å². The monoisotopic (exact) mass is 311 g/mol. The zero-order valence-electron chi connectivity index (χ0n) is 14.3. The van der Waals surface area contributed by atoms with Crippen molar-refractivity contribution in [2.45, 2.75) is 52.9 Å². The van der Waals surface area contributed by atoms with Crippen LogP contribution in [0, 0.1) is 16.2 Å². The Kier molecular flexibility index (Phi) is 2.89. The van der Waals surface area contributed by atoms with Gasteiger partial charge in [-0.3, -0.25) is 9.59 Å². The maximum atomic E-state index is 13.6. The zero-order valence-corrected chi connectivity index (χ0v) is 14.3. The molecule has 4 rings (SSSR count). The minimum absolute atomic E-state index is 0.184. The Morgan fingerprint density at radius 2 is 1.87 bits per heavy atom. The van der Waals surface area contributed by atoms with Crippen LogP contribution in [0.5, 0.6) is 0 Å². The number of aryl methyl sites for hydroxylation is 1. The topological polar surface area (TPSA) is 37.4 Å². The predicted molar refractivity (Wildman–Crippen MR) is 90.3 cm³/mol. The summed E-state index contributed by atoms with van der Waals surface area (Å²) in [7, 11) is 0. The van der Waals surface area contributed by atoms with Gasteiger partial charge < -0.3 is 4.90 Å². The summed E-state index contributed by atoms with van der Waals surface area (Å²) in [5.41, 5.74) is 1.20. The Hall–Kier alpha value is -1.64. The lowest BCUT2D eigenvalue weighted by molar-refractivity contribution is -0.134. The lowest BCUT2D eigenvalue weighted by Crippen LogP contribution is -2.50. The van der Waals surface area contributed by atoms with E-state index in [9.17, 15) is 9.59 Å². The molecule has 0 spiro atoms. The van der Waals surface area contributed by atoms with Gasteiger partial charge in [-0.05, 0) is 42.7 Å². The summed E-state index contributed by atoms with van der Waals surface area (Å²) >= 11 is 0. The summed E-state index contributed by atoms with van der Waals surface area (Å²) in [6, 6.07) is 8.23. The number of benzene rings is 1. The highest BCUT2D eigenvalue weighted by molar-refractivity contribution is 6.06. The van der Waals surface area contributed by atoms with Gasteiger partial charge in [0, 0.05) is 24.1 Å². The van der Waals surface area contributed by atoms with Crippen LogP contribution in [-0.4, -0.2) is 18.2 Å². The third-order valence-electron chi connectivity index (χ3n) is 7.47. The molecular formula is C20H25NO2. The molecule has 0 saturated heterocycles. The van der Waals surface area contributed by atoms with Gasteiger partial charge in [0.2, 0.25) is 5.91 Å². The molecule has 2 aliphatic carbocycles. The minimum Gasteiger partial charge on any atom is -0.312 e. The van der Waals surface area contributed by atoms with E-state index in [0.717, 1.165) is 37.9 Å². The van der Waals surface area contributed by atoms with Gasteiger partial charge in [0.25, 0.3) is 0 Å². The molecule has 23 heavy (non-hydrogen) atoms. The molecule has 3 nitrogen and oxygen atoms in total. The minimum atomic E-state index is -0.511. The maximum Gasteiger partial charge on any atom is 0.234 e. The Bertz CT molecular complexity index is 707. The van der Waals surface area contributed by atoms with Crippen LogP contribution in [-0.2, 0) is 16.0 Å². The fourth-order valence-electron chi connectivity index (χ4n) is 5.34. The van der Waals surface area contributed by atoms with E-state index in [2.05, 4.69) is 32.9 Å². The molecule has 3 heteroatoms. The molecule has 0 unspecified atom stereocenters. The molecule has 1 aromatic rings. The van der Waals surface area contributed by atoms with E-state index in [4.69, 9.17) is 0 Å². The Labute approximate surface area is 138 Å². The van der Waals surface area contributed by atoms with Crippen molar-refractivity contribution in [3.05, 3.63) is 29.8 Å². The SMILES string of the molecule is CC1(C)[C@]2(C(=O)N3CCCc4ccccc43)CC[C@]1(C)C(=O)C2. The van der Waals surface area contributed by atoms with E-state index in [1.807, 2.05) is 17.0 Å². The van der Waals surface area contributed by atoms with Gasteiger partial charge in [-0.25, -0.2) is 0 Å². The highest BCUT2D eigenvalue weighted by atomic mass is 16.2. The van der Waals surface area contributed by atoms with Gasteiger partial charge >= 0.3 is 0 Å². The van der Waals surface area contributed by atoms with Crippen LogP contribution < -0.4 is 4.90 Å². The second-order valence-corrected chi connectivity index (χ2v) is 8.33. The molecule has 0 radical (unpaired) electrons. The molecule has 3 aliphatic rings. The third kappa shape index (κ3) is 1.61. The van der Waals surface area contributed by atoms with E-state index in [-0.39, 0.29) is 22.5 Å². The predicted octanol–water partition coefficient (Wildman–Crippen LogP) is 3.75. The smallest absolute Gasteiger partial charge is 0.234 e. The van der Waals surface area contributed by atoms with Crippen molar-refractivity contribution < 1.29 is 9.59 Å². The average Bonchev–Trinajstić information content (AvgIpc) is 2.84. The number of hydrogen-bond donors (Lipinski definition) is 0. The first kappa shape index (κ1) is 14.9. The number of amides is 1. The molecule has 2 bridgehead atoms. The number of hydrogen-bond acceptors (Lipinski definition) is 2. The van der Waals surface area contributed by atoms with E-state index < -0.39 is 5.41 Å². The molecule has 1 aliphatic heterocycles. The quantitative estimate of drug-likeness (QED) is 0.792. The molecule has 0 N–H and O–H groups in total. The summed E-state index contributed by atoms with van der Waals surface area (Å²) < 4.78 is 0. The standard InChI is InChI=1S/C20H25NO2/c1-18(2)19(3)10-11-20(18,13-16(19)22)17(23)21-12-6-8-14-7-4-5-9-15(14)21/h4-5,7,9H,6,8,10-13H2,1-3H3/t19-,20-/m1/s1. The molecule has 2 atom stereocenters. The zero-order chi connectivity index (χ0) is 16.5. The molecule has 1 amide bonds. The largest absolute Gasteiger partial charge is 0.312 e. The lowest BCUT2D eigenvalue weighted by atomic mass is 9.64. The fraction of sp³-hybridized carbons (Fsp3) is 0.600. The van der Waals surface area contributed by atoms with Gasteiger partial charge in [-0.1, -0.05) is 39.0 Å². The number of carbonyl (C=O) groups is 2. The number of fused-ring (bicyclic) bond motifs is 3. The summed E-state index contributed by atoms with van der Waals surface area (Å²) in [5.74, 6) is 0.469. The number of para-hydroxylation sites is 1. The van der Waals surface area contributed by atoms with Crippen molar-refractivity contribution in [3.63, 3.8) is 0 Å². The normalized spacial score (nSPS) is 34.6. The van der Waals surface area contributed by atoms with Gasteiger partial charge in [0.1, 0.15) is 5.78 Å². The van der Waals surface area contributed by atoms with E-state index >= 15 is 0 Å². The first-order valence-corrected chi connectivity index (χ1v) is 8.77.